The van der Waals surface area contributed by atoms with Gasteiger partial charge in [-0.05, 0) is 12.3 Å². The van der Waals surface area contributed by atoms with Gasteiger partial charge in [-0.15, -0.1) is 0 Å². The van der Waals surface area contributed by atoms with E-state index in [0.29, 0.717) is 0 Å². The highest BCUT2D eigenvalue weighted by Gasteiger charge is 2.05. The van der Waals surface area contributed by atoms with E-state index in [0.717, 1.165) is 31.4 Å². The highest BCUT2D eigenvalue weighted by Crippen LogP contribution is 2.10. The minimum absolute atomic E-state index is 0.761. The maximum absolute atomic E-state index is 4.33. The number of anilines is 1. The molecule has 3 nitrogen and oxygen atoms in total. The van der Waals surface area contributed by atoms with Gasteiger partial charge in [-0.25, -0.2) is 4.98 Å². The van der Waals surface area contributed by atoms with Gasteiger partial charge in [0.2, 0.25) is 5.95 Å². The zero-order valence-corrected chi connectivity index (χ0v) is 10.2. The van der Waals surface area contributed by atoms with Crippen molar-refractivity contribution in [3.8, 4) is 0 Å². The molecule has 0 bridgehead atoms. The molecule has 0 aliphatic carbocycles. The molecule has 0 unspecified atom stereocenters. The average Bonchev–Trinajstić information content (AvgIpc) is 2.68. The molecule has 0 atom stereocenters. The summed E-state index contributed by atoms with van der Waals surface area (Å²) < 4.78 is 2.18. The van der Waals surface area contributed by atoms with E-state index in [1.807, 2.05) is 12.4 Å². The molecule has 0 spiro atoms. The first-order valence-electron chi connectivity index (χ1n) is 6.06. The number of aryl methyl sites for hydroxylation is 1. The number of rotatable bonds is 7. The molecule has 0 aliphatic heterocycles. The summed E-state index contributed by atoms with van der Waals surface area (Å²) >= 11 is 0. The van der Waals surface area contributed by atoms with Crippen LogP contribution in [0.2, 0.25) is 0 Å². The maximum Gasteiger partial charge on any atom is 0.202 e. The highest BCUT2D eigenvalue weighted by atomic mass is 15.2. The van der Waals surface area contributed by atoms with Gasteiger partial charge in [0.15, 0.2) is 0 Å². The van der Waals surface area contributed by atoms with E-state index in [1.54, 1.807) is 0 Å². The molecule has 0 saturated carbocycles. The van der Waals surface area contributed by atoms with E-state index >= 15 is 0 Å². The first-order chi connectivity index (χ1) is 7.31. The molecule has 1 heterocycles. The van der Waals surface area contributed by atoms with E-state index in [2.05, 4.69) is 35.6 Å². The van der Waals surface area contributed by atoms with Gasteiger partial charge in [0.25, 0.3) is 0 Å². The topological polar surface area (TPSA) is 29.9 Å². The van der Waals surface area contributed by atoms with Crippen molar-refractivity contribution in [1.82, 2.24) is 9.55 Å². The van der Waals surface area contributed by atoms with Crippen LogP contribution < -0.4 is 5.32 Å². The fraction of sp³-hybridized carbons (Fsp3) is 0.750. The summed E-state index contributed by atoms with van der Waals surface area (Å²) in [6.07, 6.45) is 7.52. The quantitative estimate of drug-likeness (QED) is 0.747. The van der Waals surface area contributed by atoms with Gasteiger partial charge in [-0.3, -0.25) is 0 Å². The van der Waals surface area contributed by atoms with Crippen LogP contribution in [0.1, 0.15) is 40.0 Å². The fourth-order valence-corrected chi connectivity index (χ4v) is 1.71. The highest BCUT2D eigenvalue weighted by molar-refractivity contribution is 5.25. The van der Waals surface area contributed by atoms with Crippen LogP contribution in [0.4, 0.5) is 5.95 Å². The molecule has 1 aromatic rings. The largest absolute Gasteiger partial charge is 0.355 e. The molecule has 0 amide bonds. The van der Waals surface area contributed by atoms with Crippen LogP contribution in [0, 0.1) is 5.92 Å². The SMILES string of the molecule is CCCn1ccnc1NCC(CC)CC. The van der Waals surface area contributed by atoms with E-state index in [-0.39, 0.29) is 0 Å². The normalized spacial score (nSPS) is 10.9. The first-order valence-corrected chi connectivity index (χ1v) is 6.06. The van der Waals surface area contributed by atoms with Crippen molar-refractivity contribution in [2.24, 2.45) is 5.92 Å². The molecular formula is C12H23N3. The lowest BCUT2D eigenvalue weighted by molar-refractivity contribution is 0.515. The van der Waals surface area contributed by atoms with E-state index in [9.17, 15) is 0 Å². The van der Waals surface area contributed by atoms with Crippen molar-refractivity contribution in [3.05, 3.63) is 12.4 Å². The van der Waals surface area contributed by atoms with E-state index in [1.165, 1.54) is 12.8 Å². The first kappa shape index (κ1) is 12.1. The van der Waals surface area contributed by atoms with Crippen LogP contribution >= 0.6 is 0 Å². The molecule has 1 N–H and O–H groups in total. The molecule has 15 heavy (non-hydrogen) atoms. The van der Waals surface area contributed by atoms with Crippen molar-refractivity contribution >= 4 is 5.95 Å². The number of imidazole rings is 1. The molecule has 0 fully saturated rings. The fourth-order valence-electron chi connectivity index (χ4n) is 1.71. The van der Waals surface area contributed by atoms with Crippen LogP contribution in [0.3, 0.4) is 0 Å². The van der Waals surface area contributed by atoms with Crippen molar-refractivity contribution in [1.29, 1.82) is 0 Å². The molecule has 3 heteroatoms. The second kappa shape index (κ2) is 6.49. The van der Waals surface area contributed by atoms with E-state index < -0.39 is 0 Å². The van der Waals surface area contributed by atoms with Crippen LogP contribution in [-0.4, -0.2) is 16.1 Å². The Balaban J connectivity index is 2.45. The molecule has 0 saturated heterocycles. The number of hydrogen-bond donors (Lipinski definition) is 1. The summed E-state index contributed by atoms with van der Waals surface area (Å²) in [6.45, 7) is 8.76. The van der Waals surface area contributed by atoms with Gasteiger partial charge in [0.05, 0.1) is 0 Å². The van der Waals surface area contributed by atoms with Crippen molar-refractivity contribution in [2.75, 3.05) is 11.9 Å². The lowest BCUT2D eigenvalue weighted by atomic mass is 10.0. The summed E-state index contributed by atoms with van der Waals surface area (Å²) in [6, 6.07) is 0. The van der Waals surface area contributed by atoms with Crippen molar-refractivity contribution < 1.29 is 0 Å². The molecular weight excluding hydrogens is 186 g/mol. The zero-order valence-electron chi connectivity index (χ0n) is 10.2. The van der Waals surface area contributed by atoms with Gasteiger partial charge in [0.1, 0.15) is 0 Å². The molecule has 1 rings (SSSR count). The van der Waals surface area contributed by atoms with Crippen LogP contribution in [0.15, 0.2) is 12.4 Å². The van der Waals surface area contributed by atoms with Gasteiger partial charge < -0.3 is 9.88 Å². The lowest BCUT2D eigenvalue weighted by Crippen LogP contribution is -2.15. The summed E-state index contributed by atoms with van der Waals surface area (Å²) in [7, 11) is 0. The van der Waals surface area contributed by atoms with Crippen LogP contribution in [0.25, 0.3) is 0 Å². The third kappa shape index (κ3) is 3.57. The predicted molar refractivity (Wildman–Crippen MR) is 65.1 cm³/mol. The average molecular weight is 209 g/mol. The van der Waals surface area contributed by atoms with Gasteiger partial charge in [-0.2, -0.15) is 0 Å². The van der Waals surface area contributed by atoms with Gasteiger partial charge in [0, 0.05) is 25.5 Å². The van der Waals surface area contributed by atoms with Gasteiger partial charge in [-0.1, -0.05) is 33.6 Å². The Morgan fingerprint density at radius 2 is 2.07 bits per heavy atom. The Bertz CT molecular complexity index is 264. The second-order valence-electron chi connectivity index (χ2n) is 4.01. The van der Waals surface area contributed by atoms with E-state index in [4.69, 9.17) is 0 Å². The van der Waals surface area contributed by atoms with Gasteiger partial charge >= 0.3 is 0 Å². The molecule has 0 aromatic carbocycles. The summed E-state index contributed by atoms with van der Waals surface area (Å²) in [4.78, 5) is 4.33. The minimum atomic E-state index is 0.761. The third-order valence-corrected chi connectivity index (χ3v) is 2.88. The van der Waals surface area contributed by atoms with Crippen molar-refractivity contribution in [3.63, 3.8) is 0 Å². The molecule has 86 valence electrons. The maximum atomic E-state index is 4.33. The number of nitrogens with zero attached hydrogens (tertiary/aromatic N) is 2. The third-order valence-electron chi connectivity index (χ3n) is 2.88. The van der Waals surface area contributed by atoms with Crippen LogP contribution in [0.5, 0.6) is 0 Å². The summed E-state index contributed by atoms with van der Waals surface area (Å²) in [5.41, 5.74) is 0. The standard InChI is InChI=1S/C12H23N3/c1-4-8-15-9-7-13-12(15)14-10-11(5-2)6-3/h7,9,11H,4-6,8,10H2,1-3H3,(H,13,14). The Hall–Kier alpha value is -0.990. The lowest BCUT2D eigenvalue weighted by Gasteiger charge is -2.14. The molecule has 1 aromatic heterocycles. The number of nitrogens with one attached hydrogen (secondary N) is 1. The predicted octanol–water partition coefficient (Wildman–Crippen LogP) is 3.14. The van der Waals surface area contributed by atoms with Crippen LogP contribution in [-0.2, 0) is 6.54 Å². The minimum Gasteiger partial charge on any atom is -0.355 e. The van der Waals surface area contributed by atoms with Crippen molar-refractivity contribution in [2.45, 2.75) is 46.6 Å². The Kier molecular flexibility index (Phi) is 5.22. The summed E-state index contributed by atoms with van der Waals surface area (Å²) in [5.74, 6) is 1.78. The number of aromatic nitrogens is 2. The molecule has 0 radical (unpaired) electrons. The Labute approximate surface area is 92.9 Å². The second-order valence-corrected chi connectivity index (χ2v) is 4.01. The smallest absolute Gasteiger partial charge is 0.202 e. The number of hydrogen-bond acceptors (Lipinski definition) is 2. The zero-order chi connectivity index (χ0) is 11.1. The summed E-state index contributed by atoms with van der Waals surface area (Å²) in [5, 5.41) is 3.43. The Morgan fingerprint density at radius 3 is 2.67 bits per heavy atom. The Morgan fingerprint density at radius 1 is 1.33 bits per heavy atom. The monoisotopic (exact) mass is 209 g/mol. The molecule has 0 aliphatic rings.